The van der Waals surface area contributed by atoms with E-state index in [1.54, 1.807) is 32.4 Å². The number of nitrogens with two attached hydrogens (primary N) is 1. The fourth-order valence-corrected chi connectivity index (χ4v) is 3.24. The zero-order chi connectivity index (χ0) is 19.6. The molecule has 3 aromatic rings. The van der Waals surface area contributed by atoms with Crippen molar-refractivity contribution in [2.75, 3.05) is 20.0 Å². The number of hydrogen-bond acceptors (Lipinski definition) is 5. The average molecular weight is 380 g/mol. The Hall–Kier alpha value is -3.23. The van der Waals surface area contributed by atoms with Crippen LogP contribution in [0.5, 0.6) is 11.5 Å². The van der Waals surface area contributed by atoms with Gasteiger partial charge in [-0.3, -0.25) is 0 Å². The first-order valence-corrected chi connectivity index (χ1v) is 8.57. The molecule has 0 amide bonds. The number of nitrogen functional groups attached to an aromatic ring is 1. The van der Waals surface area contributed by atoms with Crippen LogP contribution in [0, 0.1) is 18.3 Å². The summed E-state index contributed by atoms with van der Waals surface area (Å²) in [7, 11) is 3.13. The van der Waals surface area contributed by atoms with E-state index in [1.807, 2.05) is 31.2 Å². The van der Waals surface area contributed by atoms with Crippen LogP contribution >= 0.6 is 11.6 Å². The number of para-hydroxylation sites is 1. The van der Waals surface area contributed by atoms with Gasteiger partial charge in [0.2, 0.25) is 0 Å². The molecular weight excluding hydrogens is 362 g/mol. The summed E-state index contributed by atoms with van der Waals surface area (Å²) in [5.41, 5.74) is 10.2. The van der Waals surface area contributed by atoms with E-state index in [-0.39, 0.29) is 5.82 Å². The Balaban J connectivity index is 2.37. The molecule has 2 N–H and O–H groups in total. The Morgan fingerprint density at radius 1 is 1.07 bits per heavy atom. The zero-order valence-electron chi connectivity index (χ0n) is 15.2. The number of pyridine rings is 1. The largest absolute Gasteiger partial charge is 0.493 e. The van der Waals surface area contributed by atoms with Gasteiger partial charge < -0.3 is 15.2 Å². The van der Waals surface area contributed by atoms with Crippen molar-refractivity contribution in [3.8, 4) is 40.0 Å². The third-order valence-corrected chi connectivity index (χ3v) is 4.62. The highest BCUT2D eigenvalue weighted by atomic mass is 35.5. The molecule has 0 aliphatic carbocycles. The highest BCUT2D eigenvalue weighted by molar-refractivity contribution is 6.30. The van der Waals surface area contributed by atoms with Crippen molar-refractivity contribution in [1.29, 1.82) is 5.26 Å². The first-order chi connectivity index (χ1) is 13.0. The maximum atomic E-state index is 9.71. The van der Waals surface area contributed by atoms with Crippen molar-refractivity contribution in [3.05, 3.63) is 58.6 Å². The van der Waals surface area contributed by atoms with Crippen molar-refractivity contribution in [2.24, 2.45) is 0 Å². The predicted molar refractivity (Wildman–Crippen MR) is 107 cm³/mol. The predicted octanol–water partition coefficient (Wildman–Crippen LogP) is 4.85. The first kappa shape index (κ1) is 18.6. The van der Waals surface area contributed by atoms with Crippen molar-refractivity contribution in [2.45, 2.75) is 6.92 Å². The number of ether oxygens (including phenoxy) is 2. The van der Waals surface area contributed by atoms with E-state index >= 15 is 0 Å². The number of aromatic nitrogens is 1. The summed E-state index contributed by atoms with van der Waals surface area (Å²) in [6.07, 6.45) is 0. The van der Waals surface area contributed by atoms with Crippen LogP contribution in [0.3, 0.4) is 0 Å². The van der Waals surface area contributed by atoms with E-state index in [4.69, 9.17) is 26.8 Å². The summed E-state index contributed by atoms with van der Waals surface area (Å²) in [6, 6.07) is 15.0. The summed E-state index contributed by atoms with van der Waals surface area (Å²) in [5, 5.41) is 10.3. The van der Waals surface area contributed by atoms with Crippen LogP contribution in [-0.4, -0.2) is 19.2 Å². The van der Waals surface area contributed by atoms with Crippen LogP contribution in [0.1, 0.15) is 11.1 Å². The molecule has 0 bridgehead atoms. The second-order valence-corrected chi connectivity index (χ2v) is 6.32. The smallest absolute Gasteiger partial charge is 0.168 e. The summed E-state index contributed by atoms with van der Waals surface area (Å²) >= 11 is 6.00. The Morgan fingerprint density at radius 3 is 2.37 bits per heavy atom. The van der Waals surface area contributed by atoms with E-state index in [1.165, 1.54) is 0 Å². The maximum Gasteiger partial charge on any atom is 0.168 e. The summed E-state index contributed by atoms with van der Waals surface area (Å²) in [6.45, 7) is 1.91. The number of nitriles is 1. The molecule has 0 radical (unpaired) electrons. The third-order valence-electron chi connectivity index (χ3n) is 4.37. The van der Waals surface area contributed by atoms with Gasteiger partial charge in [-0.15, -0.1) is 0 Å². The molecule has 0 unspecified atom stereocenters. The molecule has 0 saturated heterocycles. The fraction of sp³-hybridized carbons (Fsp3) is 0.143. The van der Waals surface area contributed by atoms with Gasteiger partial charge in [-0.2, -0.15) is 5.26 Å². The van der Waals surface area contributed by atoms with Crippen LogP contribution in [0.15, 0.2) is 42.5 Å². The SMILES string of the molecule is COc1cccc(-c2c(C)c(-c3ccc(Cl)cc3)nc(N)c2C#N)c1OC. The lowest BCUT2D eigenvalue weighted by molar-refractivity contribution is 0.356. The fourth-order valence-electron chi connectivity index (χ4n) is 3.12. The van der Waals surface area contributed by atoms with Gasteiger partial charge in [-0.05, 0) is 30.7 Å². The van der Waals surface area contributed by atoms with Crippen LogP contribution in [0.2, 0.25) is 5.02 Å². The number of methoxy groups -OCH3 is 2. The molecule has 6 heteroatoms. The molecule has 3 rings (SSSR count). The number of anilines is 1. The van der Waals surface area contributed by atoms with Gasteiger partial charge >= 0.3 is 0 Å². The molecular formula is C21H18ClN3O2. The van der Waals surface area contributed by atoms with Crippen molar-refractivity contribution in [3.63, 3.8) is 0 Å². The maximum absolute atomic E-state index is 9.71. The van der Waals surface area contributed by atoms with Crippen molar-refractivity contribution < 1.29 is 9.47 Å². The summed E-state index contributed by atoms with van der Waals surface area (Å²) < 4.78 is 11.0. The van der Waals surface area contributed by atoms with Crippen LogP contribution in [0.4, 0.5) is 5.82 Å². The van der Waals surface area contributed by atoms with Gasteiger partial charge in [0.1, 0.15) is 17.5 Å². The number of nitrogens with zero attached hydrogens (tertiary/aromatic N) is 2. The highest BCUT2D eigenvalue weighted by Gasteiger charge is 2.22. The van der Waals surface area contributed by atoms with Gasteiger partial charge in [-0.25, -0.2) is 4.98 Å². The van der Waals surface area contributed by atoms with Crippen LogP contribution in [-0.2, 0) is 0 Å². The molecule has 0 atom stereocenters. The zero-order valence-corrected chi connectivity index (χ0v) is 16.0. The van der Waals surface area contributed by atoms with E-state index in [0.717, 1.165) is 16.7 Å². The molecule has 0 saturated carbocycles. The standard InChI is InChI=1S/C21H18ClN3O2/c1-12-18(15-5-4-6-17(26-2)20(15)27-3)16(11-23)21(24)25-19(12)13-7-9-14(22)10-8-13/h4-10H,1-3H3,(H2,24,25). The van der Waals surface area contributed by atoms with E-state index < -0.39 is 0 Å². The average Bonchev–Trinajstić information content (AvgIpc) is 2.69. The molecule has 136 valence electrons. The molecule has 0 spiro atoms. The van der Waals surface area contributed by atoms with Gasteiger partial charge in [0.05, 0.1) is 19.9 Å². The number of rotatable bonds is 4. The third kappa shape index (κ3) is 3.27. The Bertz CT molecular complexity index is 1040. The number of benzene rings is 2. The van der Waals surface area contributed by atoms with Crippen molar-refractivity contribution in [1.82, 2.24) is 4.98 Å². The second-order valence-electron chi connectivity index (χ2n) is 5.88. The van der Waals surface area contributed by atoms with Crippen LogP contribution in [0.25, 0.3) is 22.4 Å². The Labute approximate surface area is 162 Å². The number of halogens is 1. The minimum absolute atomic E-state index is 0.160. The molecule has 0 aliphatic rings. The Morgan fingerprint density at radius 2 is 1.78 bits per heavy atom. The monoisotopic (exact) mass is 379 g/mol. The minimum Gasteiger partial charge on any atom is -0.493 e. The quantitative estimate of drug-likeness (QED) is 0.700. The van der Waals surface area contributed by atoms with E-state index in [2.05, 4.69) is 11.1 Å². The Kier molecular flexibility index (Phi) is 5.20. The molecule has 2 aromatic carbocycles. The lowest BCUT2D eigenvalue weighted by Gasteiger charge is -2.18. The lowest BCUT2D eigenvalue weighted by Crippen LogP contribution is -2.04. The van der Waals surface area contributed by atoms with Crippen LogP contribution < -0.4 is 15.2 Å². The molecule has 1 aromatic heterocycles. The van der Waals surface area contributed by atoms with Crippen molar-refractivity contribution >= 4 is 17.4 Å². The summed E-state index contributed by atoms with van der Waals surface area (Å²) in [5.74, 6) is 1.27. The normalized spacial score (nSPS) is 10.3. The lowest BCUT2D eigenvalue weighted by atomic mass is 9.92. The molecule has 1 heterocycles. The summed E-state index contributed by atoms with van der Waals surface area (Å²) in [4.78, 5) is 4.47. The van der Waals surface area contributed by atoms with Gasteiger partial charge in [0.15, 0.2) is 11.5 Å². The van der Waals surface area contributed by atoms with E-state index in [0.29, 0.717) is 33.3 Å². The second kappa shape index (κ2) is 7.56. The van der Waals surface area contributed by atoms with Gasteiger partial charge in [-0.1, -0.05) is 35.9 Å². The molecule has 5 nitrogen and oxygen atoms in total. The molecule has 0 fully saturated rings. The molecule has 0 aliphatic heterocycles. The van der Waals surface area contributed by atoms with E-state index in [9.17, 15) is 5.26 Å². The number of hydrogen-bond donors (Lipinski definition) is 1. The molecule has 27 heavy (non-hydrogen) atoms. The van der Waals surface area contributed by atoms with Gasteiger partial charge in [0, 0.05) is 21.7 Å². The first-order valence-electron chi connectivity index (χ1n) is 8.19. The highest BCUT2D eigenvalue weighted by Crippen LogP contribution is 2.43. The minimum atomic E-state index is 0.160. The topological polar surface area (TPSA) is 81.2 Å². The van der Waals surface area contributed by atoms with Gasteiger partial charge in [0.25, 0.3) is 0 Å².